The Morgan fingerprint density at radius 1 is 1.54 bits per heavy atom. The van der Waals surface area contributed by atoms with Crippen LogP contribution in [0.1, 0.15) is 5.56 Å². The van der Waals surface area contributed by atoms with Gasteiger partial charge in [0.2, 0.25) is 0 Å². The first-order valence-corrected chi connectivity index (χ1v) is 3.86. The summed E-state index contributed by atoms with van der Waals surface area (Å²) in [6.45, 7) is 0.107. The van der Waals surface area contributed by atoms with Crippen LogP contribution in [0.15, 0.2) is 18.2 Å². The number of nitrogens with zero attached hydrogens (tertiary/aromatic N) is 1. The zero-order chi connectivity index (χ0) is 9.84. The van der Waals surface area contributed by atoms with Gasteiger partial charge in [-0.2, -0.15) is 5.06 Å². The summed E-state index contributed by atoms with van der Waals surface area (Å²) in [5, 5.41) is 9.87. The summed E-state index contributed by atoms with van der Waals surface area (Å²) in [6.07, 6.45) is 0. The number of ether oxygens (including phenoxy) is 1. The lowest BCUT2D eigenvalue weighted by molar-refractivity contribution is -0.0742. The average Bonchev–Trinajstić information content (AvgIpc) is 2.08. The molecule has 0 aliphatic heterocycles. The van der Waals surface area contributed by atoms with Crippen molar-refractivity contribution in [2.45, 2.75) is 6.54 Å². The summed E-state index contributed by atoms with van der Waals surface area (Å²) < 4.78 is 18.1. The van der Waals surface area contributed by atoms with Gasteiger partial charge in [0.15, 0.2) is 0 Å². The molecule has 0 radical (unpaired) electrons. The van der Waals surface area contributed by atoms with Gasteiger partial charge in [-0.05, 0) is 12.1 Å². The number of methoxy groups -OCH3 is 1. The largest absolute Gasteiger partial charge is 0.496 e. The molecule has 0 heterocycles. The van der Waals surface area contributed by atoms with Crippen molar-refractivity contribution in [2.75, 3.05) is 14.2 Å². The smallest absolute Gasteiger partial charge is 0.131 e. The molecule has 0 fully saturated rings. The lowest BCUT2D eigenvalue weighted by Crippen LogP contribution is -2.13. The molecule has 0 aromatic heterocycles. The highest BCUT2D eigenvalue weighted by Gasteiger charge is 2.09. The molecule has 0 aliphatic rings. The molecule has 0 unspecified atom stereocenters. The molecular formula is C9H12FNO2. The maximum Gasteiger partial charge on any atom is 0.131 e. The van der Waals surface area contributed by atoms with E-state index in [1.54, 1.807) is 12.1 Å². The van der Waals surface area contributed by atoms with Gasteiger partial charge in [0.05, 0.1) is 13.7 Å². The normalized spacial score (nSPS) is 10.5. The molecule has 0 atom stereocenters. The highest BCUT2D eigenvalue weighted by molar-refractivity contribution is 5.34. The molecule has 0 spiro atoms. The SMILES string of the molecule is COc1cccc(F)c1CN(C)O. The van der Waals surface area contributed by atoms with Crippen molar-refractivity contribution in [2.24, 2.45) is 0 Å². The van der Waals surface area contributed by atoms with Crippen LogP contribution in [0.4, 0.5) is 4.39 Å². The first-order valence-electron chi connectivity index (χ1n) is 3.86. The molecule has 0 amide bonds. The summed E-state index contributed by atoms with van der Waals surface area (Å²) in [7, 11) is 2.92. The summed E-state index contributed by atoms with van der Waals surface area (Å²) in [5.74, 6) is 0.0705. The molecule has 1 aromatic carbocycles. The Balaban J connectivity index is 3.00. The van der Waals surface area contributed by atoms with E-state index in [4.69, 9.17) is 9.94 Å². The van der Waals surface area contributed by atoms with Gasteiger partial charge >= 0.3 is 0 Å². The van der Waals surface area contributed by atoms with Crippen molar-refractivity contribution in [3.8, 4) is 5.75 Å². The number of hydrogen-bond acceptors (Lipinski definition) is 3. The lowest BCUT2D eigenvalue weighted by atomic mass is 10.2. The quantitative estimate of drug-likeness (QED) is 0.727. The van der Waals surface area contributed by atoms with Gasteiger partial charge in [0.25, 0.3) is 0 Å². The second-order valence-corrected chi connectivity index (χ2v) is 2.74. The predicted molar refractivity (Wildman–Crippen MR) is 46.2 cm³/mol. The van der Waals surface area contributed by atoms with Crippen LogP contribution >= 0.6 is 0 Å². The maximum absolute atomic E-state index is 13.2. The first-order chi connectivity index (χ1) is 6.15. The predicted octanol–water partition coefficient (Wildman–Crippen LogP) is 1.66. The van der Waals surface area contributed by atoms with Crippen LogP contribution in [0.2, 0.25) is 0 Å². The Bertz CT molecular complexity index is 289. The third-order valence-corrected chi connectivity index (χ3v) is 1.68. The lowest BCUT2D eigenvalue weighted by Gasteiger charge is -2.12. The monoisotopic (exact) mass is 185 g/mol. The van der Waals surface area contributed by atoms with Crippen LogP contribution in [0.3, 0.4) is 0 Å². The van der Waals surface area contributed by atoms with E-state index in [1.165, 1.54) is 20.2 Å². The summed E-state index contributed by atoms with van der Waals surface area (Å²) >= 11 is 0. The molecule has 0 bridgehead atoms. The Labute approximate surface area is 76.3 Å². The third kappa shape index (κ3) is 2.40. The topological polar surface area (TPSA) is 32.7 Å². The molecule has 0 saturated heterocycles. The van der Waals surface area contributed by atoms with Gasteiger partial charge in [-0.1, -0.05) is 6.07 Å². The van der Waals surface area contributed by atoms with Crippen LogP contribution in [0.5, 0.6) is 5.75 Å². The number of halogens is 1. The van der Waals surface area contributed by atoms with Crippen LogP contribution in [0, 0.1) is 5.82 Å². The van der Waals surface area contributed by atoms with E-state index in [0.29, 0.717) is 11.3 Å². The fourth-order valence-corrected chi connectivity index (χ4v) is 1.11. The molecule has 72 valence electrons. The summed E-state index contributed by atoms with van der Waals surface area (Å²) in [4.78, 5) is 0. The Morgan fingerprint density at radius 2 is 2.23 bits per heavy atom. The van der Waals surface area contributed by atoms with Crippen molar-refractivity contribution in [1.82, 2.24) is 5.06 Å². The first kappa shape index (κ1) is 9.95. The van der Waals surface area contributed by atoms with E-state index in [0.717, 1.165) is 5.06 Å². The van der Waals surface area contributed by atoms with Gasteiger partial charge < -0.3 is 9.94 Å². The standard InChI is InChI=1S/C9H12FNO2/c1-11(12)6-7-8(10)4-3-5-9(7)13-2/h3-5,12H,6H2,1-2H3. The van der Waals surface area contributed by atoms with E-state index < -0.39 is 0 Å². The van der Waals surface area contributed by atoms with E-state index in [-0.39, 0.29) is 12.4 Å². The van der Waals surface area contributed by atoms with Crippen LogP contribution in [-0.4, -0.2) is 24.4 Å². The number of hydroxylamine groups is 2. The molecule has 4 heteroatoms. The van der Waals surface area contributed by atoms with Gasteiger partial charge in [-0.3, -0.25) is 0 Å². The van der Waals surface area contributed by atoms with E-state index >= 15 is 0 Å². The fraction of sp³-hybridized carbons (Fsp3) is 0.333. The zero-order valence-corrected chi connectivity index (χ0v) is 7.62. The van der Waals surface area contributed by atoms with Crippen LogP contribution < -0.4 is 4.74 Å². The van der Waals surface area contributed by atoms with Crippen molar-refractivity contribution in [1.29, 1.82) is 0 Å². The third-order valence-electron chi connectivity index (χ3n) is 1.68. The molecular weight excluding hydrogens is 173 g/mol. The highest BCUT2D eigenvalue weighted by Crippen LogP contribution is 2.21. The number of rotatable bonds is 3. The zero-order valence-electron chi connectivity index (χ0n) is 7.62. The minimum Gasteiger partial charge on any atom is -0.496 e. The Morgan fingerprint density at radius 3 is 2.77 bits per heavy atom. The van der Waals surface area contributed by atoms with E-state index in [2.05, 4.69) is 0 Å². The molecule has 3 nitrogen and oxygen atoms in total. The van der Waals surface area contributed by atoms with Crippen molar-refractivity contribution in [3.63, 3.8) is 0 Å². The summed E-state index contributed by atoms with van der Waals surface area (Å²) in [5.41, 5.74) is 0.356. The number of hydrogen-bond donors (Lipinski definition) is 1. The van der Waals surface area contributed by atoms with Crippen molar-refractivity contribution < 1.29 is 14.3 Å². The molecule has 1 rings (SSSR count). The Hall–Kier alpha value is -1.13. The average molecular weight is 185 g/mol. The van der Waals surface area contributed by atoms with E-state index in [1.807, 2.05) is 0 Å². The van der Waals surface area contributed by atoms with Crippen molar-refractivity contribution in [3.05, 3.63) is 29.6 Å². The second-order valence-electron chi connectivity index (χ2n) is 2.74. The fourth-order valence-electron chi connectivity index (χ4n) is 1.11. The molecule has 13 heavy (non-hydrogen) atoms. The van der Waals surface area contributed by atoms with E-state index in [9.17, 15) is 4.39 Å². The molecule has 0 aliphatic carbocycles. The minimum atomic E-state index is -0.375. The molecule has 1 N–H and O–H groups in total. The van der Waals surface area contributed by atoms with Gasteiger partial charge in [0, 0.05) is 12.6 Å². The van der Waals surface area contributed by atoms with Crippen molar-refractivity contribution >= 4 is 0 Å². The number of benzene rings is 1. The van der Waals surface area contributed by atoms with Gasteiger partial charge in [-0.15, -0.1) is 0 Å². The summed E-state index contributed by atoms with van der Waals surface area (Å²) in [6, 6.07) is 4.55. The minimum absolute atomic E-state index is 0.107. The van der Waals surface area contributed by atoms with Gasteiger partial charge in [0.1, 0.15) is 11.6 Å². The molecule has 0 saturated carbocycles. The molecule has 1 aromatic rings. The van der Waals surface area contributed by atoms with Gasteiger partial charge in [-0.25, -0.2) is 4.39 Å². The Kier molecular flexibility index (Phi) is 3.22. The second kappa shape index (κ2) is 4.20. The van der Waals surface area contributed by atoms with Crippen LogP contribution in [-0.2, 0) is 6.54 Å². The maximum atomic E-state index is 13.2. The highest BCUT2D eigenvalue weighted by atomic mass is 19.1. The van der Waals surface area contributed by atoms with Crippen LogP contribution in [0.25, 0.3) is 0 Å².